The molecule has 3 nitrogen and oxygen atoms in total. The summed E-state index contributed by atoms with van der Waals surface area (Å²) >= 11 is 0. The molecular formula is C21H42LiNO2. The predicted molar refractivity (Wildman–Crippen MR) is 102 cm³/mol. The van der Waals surface area contributed by atoms with E-state index >= 15 is 0 Å². The van der Waals surface area contributed by atoms with E-state index in [0.29, 0.717) is 6.42 Å². The number of carbonyl (C=O) groups is 1. The minimum Gasteiger partial charge on any atom is -0.548 e. The van der Waals surface area contributed by atoms with Gasteiger partial charge in [0.15, 0.2) is 0 Å². The zero-order valence-corrected chi connectivity index (χ0v) is 17.7. The van der Waals surface area contributed by atoms with Crippen LogP contribution in [0.5, 0.6) is 0 Å². The second kappa shape index (κ2) is 20.3. The molecule has 0 heterocycles. The SMILES string of the molecule is CCCCCCCCN(CCCCCCCC)C(CCC)C(=O)[O-].[Li+]. The van der Waals surface area contributed by atoms with Gasteiger partial charge in [0.2, 0.25) is 0 Å². The number of rotatable bonds is 18. The second-order valence-electron chi connectivity index (χ2n) is 7.20. The second-order valence-corrected chi connectivity index (χ2v) is 7.20. The van der Waals surface area contributed by atoms with Crippen molar-refractivity contribution < 1.29 is 28.8 Å². The van der Waals surface area contributed by atoms with Crippen molar-refractivity contribution >= 4 is 5.97 Å². The van der Waals surface area contributed by atoms with Gasteiger partial charge in [0.05, 0.1) is 5.97 Å². The average Bonchev–Trinajstić information content (AvgIpc) is 2.57. The van der Waals surface area contributed by atoms with E-state index in [1.54, 1.807) is 0 Å². The third kappa shape index (κ3) is 16.0. The molecule has 0 aliphatic rings. The van der Waals surface area contributed by atoms with Gasteiger partial charge in [-0.3, -0.25) is 4.90 Å². The van der Waals surface area contributed by atoms with Crippen molar-refractivity contribution in [1.29, 1.82) is 0 Å². The van der Waals surface area contributed by atoms with Gasteiger partial charge < -0.3 is 9.90 Å². The van der Waals surface area contributed by atoms with E-state index < -0.39 is 5.97 Å². The van der Waals surface area contributed by atoms with E-state index in [-0.39, 0.29) is 24.9 Å². The molecule has 0 spiro atoms. The normalized spacial score (nSPS) is 12.2. The molecule has 25 heavy (non-hydrogen) atoms. The Morgan fingerprint density at radius 1 is 0.720 bits per heavy atom. The summed E-state index contributed by atoms with van der Waals surface area (Å²) in [5, 5.41) is 11.5. The molecule has 0 amide bonds. The quantitative estimate of drug-likeness (QED) is 0.281. The topological polar surface area (TPSA) is 43.4 Å². The molecule has 0 aromatic carbocycles. The number of hydrogen-bond donors (Lipinski definition) is 0. The first-order valence-electron chi connectivity index (χ1n) is 10.6. The number of aliphatic carboxylic acids is 1. The van der Waals surface area contributed by atoms with Gasteiger partial charge in [-0.2, -0.15) is 0 Å². The number of unbranched alkanes of at least 4 members (excludes halogenated alkanes) is 10. The maximum absolute atomic E-state index is 11.5. The Hall–Kier alpha value is 0.0274. The molecule has 0 fully saturated rings. The third-order valence-corrected chi connectivity index (χ3v) is 4.87. The fraction of sp³-hybridized carbons (Fsp3) is 0.952. The van der Waals surface area contributed by atoms with Crippen molar-refractivity contribution in [3.63, 3.8) is 0 Å². The van der Waals surface area contributed by atoms with Crippen LogP contribution in [-0.4, -0.2) is 30.0 Å². The van der Waals surface area contributed by atoms with Crippen LogP contribution in [0.4, 0.5) is 0 Å². The van der Waals surface area contributed by atoms with Crippen molar-refractivity contribution in [3.8, 4) is 0 Å². The van der Waals surface area contributed by atoms with E-state index in [0.717, 1.165) is 32.4 Å². The van der Waals surface area contributed by atoms with Crippen molar-refractivity contribution in [2.45, 2.75) is 117 Å². The molecule has 4 heteroatoms. The van der Waals surface area contributed by atoms with E-state index in [1.807, 2.05) is 0 Å². The maximum atomic E-state index is 11.5. The summed E-state index contributed by atoms with van der Waals surface area (Å²) in [6.07, 6.45) is 16.7. The van der Waals surface area contributed by atoms with Crippen LogP contribution in [0, 0.1) is 0 Å². The fourth-order valence-corrected chi connectivity index (χ4v) is 3.34. The zero-order valence-electron chi connectivity index (χ0n) is 17.7. The van der Waals surface area contributed by atoms with E-state index in [4.69, 9.17) is 0 Å². The predicted octanol–water partition coefficient (Wildman–Crippen LogP) is 1.93. The Kier molecular flexibility index (Phi) is 22.2. The molecule has 0 N–H and O–H groups in total. The Morgan fingerprint density at radius 2 is 1.12 bits per heavy atom. The fourth-order valence-electron chi connectivity index (χ4n) is 3.34. The van der Waals surface area contributed by atoms with Crippen LogP contribution >= 0.6 is 0 Å². The molecule has 0 saturated heterocycles. The van der Waals surface area contributed by atoms with Gasteiger partial charge in [-0.25, -0.2) is 0 Å². The molecule has 1 atom stereocenters. The first-order chi connectivity index (χ1) is 11.7. The van der Waals surface area contributed by atoms with Gasteiger partial charge in [0.25, 0.3) is 0 Å². The number of carbonyl (C=O) groups excluding carboxylic acids is 1. The molecule has 144 valence electrons. The maximum Gasteiger partial charge on any atom is 1.00 e. The number of carboxylic acids is 1. The number of carboxylic acid groups (broad SMARTS) is 1. The third-order valence-electron chi connectivity index (χ3n) is 4.87. The minimum atomic E-state index is -0.881. The van der Waals surface area contributed by atoms with Gasteiger partial charge in [0.1, 0.15) is 0 Å². The minimum absolute atomic E-state index is 0. The van der Waals surface area contributed by atoms with Crippen molar-refractivity contribution in [2.24, 2.45) is 0 Å². The van der Waals surface area contributed by atoms with Crippen LogP contribution in [0.1, 0.15) is 111 Å². The van der Waals surface area contributed by atoms with Crippen LogP contribution in [-0.2, 0) is 4.79 Å². The van der Waals surface area contributed by atoms with E-state index in [9.17, 15) is 9.90 Å². The molecular weight excluding hydrogens is 305 g/mol. The van der Waals surface area contributed by atoms with E-state index in [1.165, 1.54) is 64.2 Å². The first-order valence-corrected chi connectivity index (χ1v) is 10.6. The zero-order chi connectivity index (χ0) is 18.0. The largest absolute Gasteiger partial charge is 1.00 e. The standard InChI is InChI=1S/C21H43NO2.Li/c1-4-7-9-11-13-15-18-22(20(17-6-3)21(23)24)19-16-14-12-10-8-5-2;/h20H,4-19H2,1-3H3,(H,23,24);/q;+1/p-1. The first kappa shape index (κ1) is 27.2. The van der Waals surface area contributed by atoms with Crippen molar-refractivity contribution in [2.75, 3.05) is 13.1 Å². The van der Waals surface area contributed by atoms with E-state index in [2.05, 4.69) is 25.7 Å². The summed E-state index contributed by atoms with van der Waals surface area (Å²) in [5.74, 6) is -0.881. The molecule has 0 bridgehead atoms. The van der Waals surface area contributed by atoms with Gasteiger partial charge >= 0.3 is 18.9 Å². The summed E-state index contributed by atoms with van der Waals surface area (Å²) in [6, 6.07) is -0.388. The summed E-state index contributed by atoms with van der Waals surface area (Å²) in [4.78, 5) is 13.7. The van der Waals surface area contributed by atoms with Gasteiger partial charge in [-0.05, 0) is 32.4 Å². The molecule has 1 unspecified atom stereocenters. The van der Waals surface area contributed by atoms with Gasteiger partial charge in [-0.1, -0.05) is 91.4 Å². The summed E-state index contributed by atoms with van der Waals surface area (Å²) in [6.45, 7) is 8.36. The molecule has 0 aliphatic carbocycles. The summed E-state index contributed by atoms with van der Waals surface area (Å²) in [7, 11) is 0. The van der Waals surface area contributed by atoms with Crippen LogP contribution < -0.4 is 24.0 Å². The molecule has 0 saturated carbocycles. The van der Waals surface area contributed by atoms with Gasteiger partial charge in [-0.15, -0.1) is 0 Å². The van der Waals surface area contributed by atoms with Crippen LogP contribution in [0.25, 0.3) is 0 Å². The summed E-state index contributed by atoms with van der Waals surface area (Å²) in [5.41, 5.74) is 0. The molecule has 0 rings (SSSR count). The number of nitrogens with zero attached hydrogens (tertiary/aromatic N) is 1. The van der Waals surface area contributed by atoms with Crippen molar-refractivity contribution in [3.05, 3.63) is 0 Å². The Morgan fingerprint density at radius 3 is 1.48 bits per heavy atom. The van der Waals surface area contributed by atoms with Gasteiger partial charge in [0, 0.05) is 6.04 Å². The average molecular weight is 348 g/mol. The smallest absolute Gasteiger partial charge is 0.548 e. The molecule has 0 radical (unpaired) electrons. The van der Waals surface area contributed by atoms with Crippen LogP contribution in [0.2, 0.25) is 0 Å². The Labute approximate surface area is 169 Å². The molecule has 0 aromatic heterocycles. The number of hydrogen-bond acceptors (Lipinski definition) is 3. The Bertz CT molecular complexity index is 271. The van der Waals surface area contributed by atoms with Crippen LogP contribution in [0.15, 0.2) is 0 Å². The molecule has 0 aromatic rings. The summed E-state index contributed by atoms with van der Waals surface area (Å²) < 4.78 is 0. The monoisotopic (exact) mass is 347 g/mol. The van der Waals surface area contributed by atoms with Crippen LogP contribution in [0.3, 0.4) is 0 Å². The van der Waals surface area contributed by atoms with Crippen molar-refractivity contribution in [1.82, 2.24) is 4.90 Å². The molecule has 0 aliphatic heterocycles. The Balaban J connectivity index is 0.